The Morgan fingerprint density at radius 3 is 2.35 bits per heavy atom. The molecule has 2 nitrogen and oxygen atoms in total. The lowest BCUT2D eigenvalue weighted by atomic mass is 9.88. The molecular weight excluding hydrogens is 264 g/mol. The van der Waals surface area contributed by atoms with Gasteiger partial charge in [-0.2, -0.15) is 11.8 Å². The van der Waals surface area contributed by atoms with E-state index in [0.29, 0.717) is 0 Å². The zero-order chi connectivity index (χ0) is 14.0. The molecule has 118 valence electrons. The summed E-state index contributed by atoms with van der Waals surface area (Å²) in [6.07, 6.45) is 15.5. The van der Waals surface area contributed by atoms with Crippen LogP contribution in [0.4, 0.5) is 0 Å². The van der Waals surface area contributed by atoms with E-state index in [-0.39, 0.29) is 0 Å². The number of nitrogens with zero attached hydrogens (tertiary/aromatic N) is 1. The van der Waals surface area contributed by atoms with Crippen molar-refractivity contribution in [3.8, 4) is 0 Å². The zero-order valence-corrected chi connectivity index (χ0v) is 14.2. The second-order valence-electron chi connectivity index (χ2n) is 6.68. The van der Waals surface area contributed by atoms with Gasteiger partial charge in [0, 0.05) is 38.0 Å². The maximum Gasteiger partial charge on any atom is 0.0110 e. The number of thioether (sulfide) groups is 1. The molecule has 0 unspecified atom stereocenters. The van der Waals surface area contributed by atoms with Crippen molar-refractivity contribution < 1.29 is 0 Å². The van der Waals surface area contributed by atoms with E-state index in [1.54, 1.807) is 0 Å². The summed E-state index contributed by atoms with van der Waals surface area (Å²) in [5.41, 5.74) is 0. The van der Waals surface area contributed by atoms with Gasteiger partial charge in [-0.15, -0.1) is 0 Å². The van der Waals surface area contributed by atoms with E-state index < -0.39 is 0 Å². The van der Waals surface area contributed by atoms with Gasteiger partial charge in [0.15, 0.2) is 0 Å². The molecule has 0 aromatic rings. The Morgan fingerprint density at radius 2 is 1.65 bits per heavy atom. The van der Waals surface area contributed by atoms with Gasteiger partial charge in [0.1, 0.15) is 0 Å². The number of rotatable bonds is 9. The summed E-state index contributed by atoms with van der Waals surface area (Å²) in [4.78, 5) is 2.84. The molecule has 2 saturated carbocycles. The molecule has 2 aliphatic rings. The van der Waals surface area contributed by atoms with E-state index in [4.69, 9.17) is 0 Å². The first-order chi connectivity index (χ1) is 9.90. The molecule has 0 radical (unpaired) electrons. The Kier molecular flexibility index (Phi) is 8.38. The van der Waals surface area contributed by atoms with Crippen LogP contribution in [-0.4, -0.2) is 49.1 Å². The van der Waals surface area contributed by atoms with E-state index >= 15 is 0 Å². The lowest BCUT2D eigenvalue weighted by Gasteiger charge is -2.34. The summed E-state index contributed by atoms with van der Waals surface area (Å²) in [5, 5.41) is 3.61. The summed E-state index contributed by atoms with van der Waals surface area (Å²) < 4.78 is 0. The van der Waals surface area contributed by atoms with Crippen molar-refractivity contribution in [2.45, 2.75) is 63.8 Å². The summed E-state index contributed by atoms with van der Waals surface area (Å²) in [5.74, 6) is 2.24. The minimum atomic E-state index is 0.902. The normalized spacial score (nSPS) is 21.9. The highest BCUT2D eigenvalue weighted by Gasteiger charge is 2.25. The van der Waals surface area contributed by atoms with E-state index in [2.05, 4.69) is 16.5 Å². The van der Waals surface area contributed by atoms with Crippen LogP contribution in [0.1, 0.15) is 57.8 Å². The first kappa shape index (κ1) is 16.6. The molecule has 0 bridgehead atoms. The first-order valence-electron chi connectivity index (χ1n) is 8.84. The van der Waals surface area contributed by atoms with Crippen LogP contribution in [0.2, 0.25) is 0 Å². The van der Waals surface area contributed by atoms with Crippen molar-refractivity contribution in [3.63, 3.8) is 0 Å². The van der Waals surface area contributed by atoms with E-state index in [9.17, 15) is 0 Å². The number of nitrogens with one attached hydrogen (secondary N) is 1. The van der Waals surface area contributed by atoms with Gasteiger partial charge in [0.25, 0.3) is 0 Å². The van der Waals surface area contributed by atoms with Crippen molar-refractivity contribution in [2.75, 3.05) is 38.2 Å². The average Bonchev–Trinajstić information content (AvgIpc) is 3.01. The fraction of sp³-hybridized carbons (Fsp3) is 1.00. The Labute approximate surface area is 130 Å². The van der Waals surface area contributed by atoms with E-state index in [0.717, 1.165) is 12.0 Å². The van der Waals surface area contributed by atoms with Crippen molar-refractivity contribution in [2.24, 2.45) is 5.92 Å². The predicted octanol–water partition coefficient (Wildman–Crippen LogP) is 3.76. The quantitative estimate of drug-likeness (QED) is 0.652. The maximum absolute atomic E-state index is 3.61. The standard InChI is InChI=1S/C17H34N2S/c1-20-14-12-18-11-13-19(17-9-5-6-10-17)15-16-7-3-2-4-8-16/h16-18H,2-15H2,1H3. The minimum absolute atomic E-state index is 0.902. The zero-order valence-electron chi connectivity index (χ0n) is 13.4. The minimum Gasteiger partial charge on any atom is -0.315 e. The SMILES string of the molecule is CSCCNCCN(CC1CCCCC1)C1CCCC1. The maximum atomic E-state index is 3.61. The Balaban J connectivity index is 1.71. The van der Waals surface area contributed by atoms with Crippen LogP contribution in [0.15, 0.2) is 0 Å². The number of hydrogen-bond acceptors (Lipinski definition) is 3. The molecule has 20 heavy (non-hydrogen) atoms. The molecule has 2 aliphatic carbocycles. The first-order valence-corrected chi connectivity index (χ1v) is 10.2. The topological polar surface area (TPSA) is 15.3 Å². The Bertz CT molecular complexity index is 235. The molecule has 3 heteroatoms. The van der Waals surface area contributed by atoms with Crippen LogP contribution in [0.25, 0.3) is 0 Å². The summed E-state index contributed by atoms with van der Waals surface area (Å²) in [6, 6.07) is 0.902. The molecule has 0 atom stereocenters. The van der Waals surface area contributed by atoms with Gasteiger partial charge >= 0.3 is 0 Å². The summed E-state index contributed by atoms with van der Waals surface area (Å²) in [7, 11) is 0. The molecular formula is C17H34N2S. The van der Waals surface area contributed by atoms with Crippen LogP contribution in [-0.2, 0) is 0 Å². The van der Waals surface area contributed by atoms with Crippen molar-refractivity contribution in [1.29, 1.82) is 0 Å². The van der Waals surface area contributed by atoms with Gasteiger partial charge in [0.05, 0.1) is 0 Å². The van der Waals surface area contributed by atoms with Crippen molar-refractivity contribution in [3.05, 3.63) is 0 Å². The highest BCUT2D eigenvalue weighted by Crippen LogP contribution is 2.28. The average molecular weight is 299 g/mol. The fourth-order valence-corrected chi connectivity index (χ4v) is 4.26. The molecule has 1 N–H and O–H groups in total. The molecule has 0 aliphatic heterocycles. The monoisotopic (exact) mass is 298 g/mol. The highest BCUT2D eigenvalue weighted by molar-refractivity contribution is 7.98. The van der Waals surface area contributed by atoms with Crippen molar-refractivity contribution >= 4 is 11.8 Å². The fourth-order valence-electron chi connectivity index (χ4n) is 3.92. The van der Waals surface area contributed by atoms with Crippen LogP contribution in [0.3, 0.4) is 0 Å². The van der Waals surface area contributed by atoms with Gasteiger partial charge in [-0.25, -0.2) is 0 Å². The second-order valence-corrected chi connectivity index (χ2v) is 7.67. The number of hydrogen-bond donors (Lipinski definition) is 1. The third-order valence-corrected chi connectivity index (χ3v) is 5.73. The van der Waals surface area contributed by atoms with Gasteiger partial charge in [0.2, 0.25) is 0 Å². The molecule has 2 fully saturated rings. The van der Waals surface area contributed by atoms with Gasteiger partial charge in [-0.3, -0.25) is 4.90 Å². The Hall–Kier alpha value is 0.270. The van der Waals surface area contributed by atoms with Gasteiger partial charge in [-0.05, 0) is 37.9 Å². The third-order valence-electron chi connectivity index (χ3n) is 5.12. The lowest BCUT2D eigenvalue weighted by Crippen LogP contribution is -2.42. The van der Waals surface area contributed by atoms with E-state index in [1.807, 2.05) is 11.8 Å². The third kappa shape index (κ3) is 5.95. The smallest absolute Gasteiger partial charge is 0.0110 e. The Morgan fingerprint density at radius 1 is 0.950 bits per heavy atom. The van der Waals surface area contributed by atoms with Crippen LogP contribution in [0, 0.1) is 5.92 Å². The molecule has 0 aromatic carbocycles. The molecule has 0 spiro atoms. The van der Waals surface area contributed by atoms with Crippen LogP contribution < -0.4 is 5.32 Å². The molecule has 0 saturated heterocycles. The lowest BCUT2D eigenvalue weighted by molar-refractivity contribution is 0.151. The molecule has 0 amide bonds. The summed E-state index contributed by atoms with van der Waals surface area (Å²) >= 11 is 1.94. The van der Waals surface area contributed by atoms with Gasteiger partial charge in [-0.1, -0.05) is 32.1 Å². The van der Waals surface area contributed by atoms with Crippen LogP contribution >= 0.6 is 11.8 Å². The molecule has 0 heterocycles. The van der Waals surface area contributed by atoms with Crippen molar-refractivity contribution in [1.82, 2.24) is 10.2 Å². The second kappa shape index (κ2) is 10.1. The van der Waals surface area contributed by atoms with Gasteiger partial charge < -0.3 is 5.32 Å². The predicted molar refractivity (Wildman–Crippen MR) is 91.7 cm³/mol. The largest absolute Gasteiger partial charge is 0.315 e. The van der Waals surface area contributed by atoms with E-state index in [1.165, 1.54) is 89.7 Å². The summed E-state index contributed by atoms with van der Waals surface area (Å²) in [6.45, 7) is 5.01. The molecule has 0 aromatic heterocycles. The molecule has 2 rings (SSSR count). The highest BCUT2D eigenvalue weighted by atomic mass is 32.2. The van der Waals surface area contributed by atoms with Crippen LogP contribution in [0.5, 0.6) is 0 Å².